The van der Waals surface area contributed by atoms with Crippen LogP contribution in [0.15, 0.2) is 24.5 Å². The van der Waals surface area contributed by atoms with Crippen molar-refractivity contribution in [3.8, 4) is 0 Å². The van der Waals surface area contributed by atoms with E-state index in [1.807, 2.05) is 6.08 Å². The van der Waals surface area contributed by atoms with Crippen molar-refractivity contribution in [2.75, 3.05) is 0 Å². The molecule has 0 saturated carbocycles. The minimum absolute atomic E-state index is 0.284. The molecule has 1 heterocycles. The maximum atomic E-state index is 5.60. The van der Waals surface area contributed by atoms with Gasteiger partial charge in [0.15, 0.2) is 0 Å². The van der Waals surface area contributed by atoms with Gasteiger partial charge in [0.2, 0.25) is 0 Å². The Bertz CT molecular complexity index is 217. The molecule has 0 aliphatic carbocycles. The Kier molecular flexibility index (Phi) is 5.52. The summed E-state index contributed by atoms with van der Waals surface area (Å²) in [5, 5.41) is 0. The molecule has 86 valence electrons. The third-order valence-corrected chi connectivity index (χ3v) is 3.40. The molecule has 3 unspecified atom stereocenters. The quantitative estimate of drug-likeness (QED) is 0.591. The number of hydrogen-bond donors (Lipinski definition) is 0. The number of hydrogen-bond acceptors (Lipinski definition) is 1. The smallest absolute Gasteiger partial charge is 0.119 e. The van der Waals surface area contributed by atoms with E-state index in [1.54, 1.807) is 6.26 Å². The van der Waals surface area contributed by atoms with Crippen LogP contribution in [-0.4, -0.2) is 6.10 Å². The maximum Gasteiger partial charge on any atom is 0.119 e. The summed E-state index contributed by atoms with van der Waals surface area (Å²) in [4.78, 5) is 0. The molecular weight excluding hydrogens is 184 g/mol. The van der Waals surface area contributed by atoms with Gasteiger partial charge in [-0.15, -0.1) is 0 Å². The van der Waals surface area contributed by atoms with E-state index in [4.69, 9.17) is 4.74 Å². The van der Waals surface area contributed by atoms with Gasteiger partial charge in [0.05, 0.1) is 6.26 Å². The molecule has 0 fully saturated rings. The Morgan fingerprint density at radius 1 is 1.20 bits per heavy atom. The van der Waals surface area contributed by atoms with E-state index in [0.717, 1.165) is 5.92 Å². The van der Waals surface area contributed by atoms with Crippen LogP contribution in [0.3, 0.4) is 0 Å². The van der Waals surface area contributed by atoms with Gasteiger partial charge < -0.3 is 4.74 Å². The average molecular weight is 208 g/mol. The maximum absolute atomic E-state index is 5.60. The van der Waals surface area contributed by atoms with Crippen molar-refractivity contribution in [1.82, 2.24) is 0 Å². The highest BCUT2D eigenvalue weighted by Gasteiger charge is 2.21. The van der Waals surface area contributed by atoms with Crippen molar-refractivity contribution in [2.45, 2.75) is 52.6 Å². The van der Waals surface area contributed by atoms with Crippen LogP contribution in [0.5, 0.6) is 0 Å². The Labute approximate surface area is 94.2 Å². The third-order valence-electron chi connectivity index (χ3n) is 3.40. The van der Waals surface area contributed by atoms with E-state index in [0.29, 0.717) is 5.92 Å². The number of ether oxygens (including phenoxy) is 1. The molecule has 0 aromatic carbocycles. The number of unbranched alkanes of at least 4 members (excludes halogenated alkanes) is 2. The summed E-state index contributed by atoms with van der Waals surface area (Å²) in [6.45, 7) is 6.90. The first-order valence-corrected chi connectivity index (χ1v) is 6.24. The highest BCUT2D eigenvalue weighted by atomic mass is 16.5. The Morgan fingerprint density at radius 3 is 2.60 bits per heavy atom. The molecule has 1 nitrogen and oxygen atoms in total. The van der Waals surface area contributed by atoms with Gasteiger partial charge in [0.25, 0.3) is 0 Å². The van der Waals surface area contributed by atoms with Gasteiger partial charge in [0.1, 0.15) is 6.10 Å². The molecule has 1 aliphatic heterocycles. The minimum Gasteiger partial charge on any atom is -0.494 e. The first-order chi connectivity index (χ1) is 7.25. The van der Waals surface area contributed by atoms with Gasteiger partial charge in [-0.2, -0.15) is 0 Å². The summed E-state index contributed by atoms with van der Waals surface area (Å²) in [7, 11) is 0. The van der Waals surface area contributed by atoms with Crippen molar-refractivity contribution in [3.63, 3.8) is 0 Å². The van der Waals surface area contributed by atoms with Gasteiger partial charge in [-0.1, -0.05) is 52.5 Å². The van der Waals surface area contributed by atoms with Crippen molar-refractivity contribution in [1.29, 1.82) is 0 Å². The fourth-order valence-electron chi connectivity index (χ4n) is 2.00. The topological polar surface area (TPSA) is 9.23 Å². The van der Waals surface area contributed by atoms with E-state index >= 15 is 0 Å². The van der Waals surface area contributed by atoms with Gasteiger partial charge in [-0.05, 0) is 24.0 Å². The fourth-order valence-corrected chi connectivity index (χ4v) is 2.00. The third kappa shape index (κ3) is 4.11. The standard InChI is InChI=1S/C14H24O/c1-4-5-6-9-12(2)13(3)14-10-7-8-11-15-14/h7-8,10-14H,4-6,9H2,1-3H3. The summed E-state index contributed by atoms with van der Waals surface area (Å²) in [6.07, 6.45) is 13.6. The minimum atomic E-state index is 0.284. The van der Waals surface area contributed by atoms with Crippen LogP contribution >= 0.6 is 0 Å². The summed E-state index contributed by atoms with van der Waals surface area (Å²) in [5.74, 6) is 1.36. The second kappa shape index (κ2) is 6.71. The van der Waals surface area contributed by atoms with E-state index in [9.17, 15) is 0 Å². The number of rotatable bonds is 6. The van der Waals surface area contributed by atoms with Crippen LogP contribution in [-0.2, 0) is 4.74 Å². The fraction of sp³-hybridized carbons (Fsp3) is 0.714. The SMILES string of the molecule is CCCCCC(C)C(C)C1C=CC=CO1. The summed E-state index contributed by atoms with van der Waals surface area (Å²) < 4.78 is 5.60. The molecule has 15 heavy (non-hydrogen) atoms. The molecule has 0 aromatic rings. The first-order valence-electron chi connectivity index (χ1n) is 6.24. The van der Waals surface area contributed by atoms with Crippen LogP contribution < -0.4 is 0 Å². The average Bonchev–Trinajstić information content (AvgIpc) is 2.29. The lowest BCUT2D eigenvalue weighted by molar-refractivity contribution is 0.100. The molecule has 1 aliphatic rings. The Hall–Kier alpha value is -0.720. The second-order valence-electron chi connectivity index (χ2n) is 4.65. The lowest BCUT2D eigenvalue weighted by Crippen LogP contribution is -2.24. The largest absolute Gasteiger partial charge is 0.494 e. The van der Waals surface area contributed by atoms with E-state index in [1.165, 1.54) is 25.7 Å². The highest BCUT2D eigenvalue weighted by molar-refractivity contribution is 5.08. The van der Waals surface area contributed by atoms with Crippen molar-refractivity contribution in [3.05, 3.63) is 24.5 Å². The van der Waals surface area contributed by atoms with Crippen LogP contribution in [0.2, 0.25) is 0 Å². The molecule has 0 N–H and O–H groups in total. The molecule has 0 amide bonds. The van der Waals surface area contributed by atoms with Gasteiger partial charge in [-0.3, -0.25) is 0 Å². The van der Waals surface area contributed by atoms with E-state index in [-0.39, 0.29) is 6.10 Å². The highest BCUT2D eigenvalue weighted by Crippen LogP contribution is 2.25. The second-order valence-corrected chi connectivity index (χ2v) is 4.65. The van der Waals surface area contributed by atoms with E-state index in [2.05, 4.69) is 32.9 Å². The van der Waals surface area contributed by atoms with Crippen LogP contribution in [0.1, 0.15) is 46.5 Å². The summed E-state index contributed by atoms with van der Waals surface area (Å²) >= 11 is 0. The predicted octanol–water partition coefficient (Wildman–Crippen LogP) is 4.31. The first kappa shape index (κ1) is 12.4. The molecule has 3 atom stereocenters. The lowest BCUT2D eigenvalue weighted by Gasteiger charge is -2.27. The predicted molar refractivity (Wildman–Crippen MR) is 65.6 cm³/mol. The molecular formula is C14H24O. The number of allylic oxidation sites excluding steroid dienone is 2. The molecule has 0 saturated heterocycles. The molecule has 0 aromatic heterocycles. The zero-order valence-corrected chi connectivity index (χ0v) is 10.3. The molecule has 1 heteroatoms. The Morgan fingerprint density at radius 2 is 2.00 bits per heavy atom. The summed E-state index contributed by atoms with van der Waals surface area (Å²) in [6, 6.07) is 0. The Balaban J connectivity index is 2.28. The van der Waals surface area contributed by atoms with Crippen molar-refractivity contribution < 1.29 is 4.74 Å². The zero-order chi connectivity index (χ0) is 11.1. The normalized spacial score (nSPS) is 23.5. The molecule has 1 rings (SSSR count). The molecule has 0 radical (unpaired) electrons. The van der Waals surface area contributed by atoms with Crippen molar-refractivity contribution >= 4 is 0 Å². The van der Waals surface area contributed by atoms with Gasteiger partial charge in [-0.25, -0.2) is 0 Å². The monoisotopic (exact) mass is 208 g/mol. The lowest BCUT2D eigenvalue weighted by atomic mass is 9.86. The van der Waals surface area contributed by atoms with Crippen LogP contribution in [0.4, 0.5) is 0 Å². The van der Waals surface area contributed by atoms with Crippen LogP contribution in [0.25, 0.3) is 0 Å². The zero-order valence-electron chi connectivity index (χ0n) is 10.3. The van der Waals surface area contributed by atoms with Gasteiger partial charge in [0, 0.05) is 0 Å². The molecule has 0 spiro atoms. The van der Waals surface area contributed by atoms with Crippen molar-refractivity contribution in [2.24, 2.45) is 11.8 Å². The van der Waals surface area contributed by atoms with Gasteiger partial charge >= 0.3 is 0 Å². The molecule has 0 bridgehead atoms. The van der Waals surface area contributed by atoms with Crippen LogP contribution in [0, 0.1) is 11.8 Å². The van der Waals surface area contributed by atoms with E-state index < -0.39 is 0 Å². The summed E-state index contributed by atoms with van der Waals surface area (Å²) in [5.41, 5.74) is 0.